The molecule has 0 unspecified atom stereocenters. The minimum atomic E-state index is 1.10. The van der Waals surface area contributed by atoms with Crippen LogP contribution in [0.25, 0.3) is 5.57 Å². The molecule has 0 saturated heterocycles. The SMILES string of the molecule is C=C(CCC)c1cc(C)ccc1C. The number of rotatable bonds is 3. The molecule has 0 aliphatic heterocycles. The molecule has 13 heavy (non-hydrogen) atoms. The first-order valence-electron chi connectivity index (χ1n) is 4.90. The minimum absolute atomic E-state index is 1.10. The molecule has 0 N–H and O–H groups in total. The molecule has 0 bridgehead atoms. The fourth-order valence-corrected chi connectivity index (χ4v) is 1.55. The van der Waals surface area contributed by atoms with Crippen LogP contribution in [0, 0.1) is 13.8 Å². The zero-order valence-corrected chi connectivity index (χ0v) is 8.85. The number of benzene rings is 1. The average molecular weight is 174 g/mol. The summed E-state index contributed by atoms with van der Waals surface area (Å²) >= 11 is 0. The molecule has 0 atom stereocenters. The Labute approximate surface area is 81.3 Å². The Bertz CT molecular complexity index is 308. The lowest BCUT2D eigenvalue weighted by molar-refractivity contribution is 0.973. The molecule has 0 heterocycles. The lowest BCUT2D eigenvalue weighted by Gasteiger charge is -2.09. The van der Waals surface area contributed by atoms with Crippen LogP contribution >= 0.6 is 0 Å². The fourth-order valence-electron chi connectivity index (χ4n) is 1.55. The topological polar surface area (TPSA) is 0 Å². The molecule has 1 aromatic carbocycles. The summed E-state index contributed by atoms with van der Waals surface area (Å²) < 4.78 is 0. The van der Waals surface area contributed by atoms with Crippen LogP contribution in [-0.4, -0.2) is 0 Å². The highest BCUT2D eigenvalue weighted by Gasteiger charge is 2.01. The first-order chi connectivity index (χ1) is 6.15. The van der Waals surface area contributed by atoms with Crippen molar-refractivity contribution in [3.8, 4) is 0 Å². The highest BCUT2D eigenvalue weighted by molar-refractivity contribution is 5.66. The van der Waals surface area contributed by atoms with E-state index in [-0.39, 0.29) is 0 Å². The summed E-state index contributed by atoms with van der Waals surface area (Å²) in [5.74, 6) is 0. The summed E-state index contributed by atoms with van der Waals surface area (Å²) in [5, 5.41) is 0. The highest BCUT2D eigenvalue weighted by Crippen LogP contribution is 2.22. The molecular weight excluding hydrogens is 156 g/mol. The third-order valence-electron chi connectivity index (χ3n) is 2.33. The average Bonchev–Trinajstić information content (AvgIpc) is 2.09. The van der Waals surface area contributed by atoms with Gasteiger partial charge in [-0.15, -0.1) is 0 Å². The van der Waals surface area contributed by atoms with Gasteiger partial charge in [-0.3, -0.25) is 0 Å². The molecule has 0 amide bonds. The van der Waals surface area contributed by atoms with Crippen molar-refractivity contribution in [1.29, 1.82) is 0 Å². The molecule has 0 aromatic heterocycles. The number of hydrogen-bond donors (Lipinski definition) is 0. The van der Waals surface area contributed by atoms with E-state index in [1.54, 1.807) is 0 Å². The van der Waals surface area contributed by atoms with Crippen LogP contribution in [0.3, 0.4) is 0 Å². The van der Waals surface area contributed by atoms with E-state index >= 15 is 0 Å². The number of hydrogen-bond acceptors (Lipinski definition) is 0. The lowest BCUT2D eigenvalue weighted by Crippen LogP contribution is -1.88. The van der Waals surface area contributed by atoms with Gasteiger partial charge in [0.05, 0.1) is 0 Å². The van der Waals surface area contributed by atoms with Crippen molar-refractivity contribution < 1.29 is 0 Å². The number of aryl methyl sites for hydroxylation is 2. The molecule has 70 valence electrons. The van der Waals surface area contributed by atoms with E-state index in [1.807, 2.05) is 0 Å². The predicted molar refractivity (Wildman–Crippen MR) is 59.9 cm³/mol. The molecule has 0 radical (unpaired) electrons. The molecule has 1 aromatic rings. The smallest absolute Gasteiger partial charge is 0.0198 e. The Hall–Kier alpha value is -1.04. The standard InChI is InChI=1S/C13H18/c1-5-6-11(3)13-9-10(2)7-8-12(13)4/h7-9H,3,5-6H2,1-2,4H3. The van der Waals surface area contributed by atoms with Crippen LogP contribution in [0.1, 0.15) is 36.5 Å². The highest BCUT2D eigenvalue weighted by atomic mass is 14.1. The van der Waals surface area contributed by atoms with E-state index in [9.17, 15) is 0 Å². The van der Waals surface area contributed by atoms with E-state index in [1.165, 1.54) is 28.7 Å². The predicted octanol–water partition coefficient (Wildman–Crippen LogP) is 4.12. The maximum atomic E-state index is 4.12. The van der Waals surface area contributed by atoms with E-state index in [0.717, 1.165) is 6.42 Å². The van der Waals surface area contributed by atoms with Crippen molar-refractivity contribution in [1.82, 2.24) is 0 Å². The van der Waals surface area contributed by atoms with E-state index < -0.39 is 0 Å². The molecule has 0 aliphatic carbocycles. The summed E-state index contributed by atoms with van der Waals surface area (Å²) in [6.07, 6.45) is 2.27. The van der Waals surface area contributed by atoms with Gasteiger partial charge in [0, 0.05) is 0 Å². The van der Waals surface area contributed by atoms with Crippen molar-refractivity contribution in [2.75, 3.05) is 0 Å². The molecule has 0 fully saturated rings. The monoisotopic (exact) mass is 174 g/mol. The first kappa shape index (κ1) is 10.0. The third kappa shape index (κ3) is 2.45. The molecule has 0 aliphatic rings. The zero-order valence-electron chi connectivity index (χ0n) is 8.85. The normalized spacial score (nSPS) is 10.1. The molecule has 0 heteroatoms. The van der Waals surface area contributed by atoms with Crippen LogP contribution < -0.4 is 0 Å². The van der Waals surface area contributed by atoms with Gasteiger partial charge in [-0.1, -0.05) is 43.7 Å². The summed E-state index contributed by atoms with van der Waals surface area (Å²) in [4.78, 5) is 0. The van der Waals surface area contributed by atoms with Crippen LogP contribution in [0.5, 0.6) is 0 Å². The van der Waals surface area contributed by atoms with Crippen LogP contribution in [-0.2, 0) is 0 Å². The second-order valence-electron chi connectivity index (χ2n) is 3.67. The van der Waals surface area contributed by atoms with Crippen molar-refractivity contribution in [3.63, 3.8) is 0 Å². The van der Waals surface area contributed by atoms with Gasteiger partial charge in [-0.05, 0) is 37.0 Å². The van der Waals surface area contributed by atoms with E-state index in [2.05, 4.69) is 45.5 Å². The molecule has 0 spiro atoms. The van der Waals surface area contributed by atoms with Crippen molar-refractivity contribution in [2.24, 2.45) is 0 Å². The molecule has 0 saturated carbocycles. The van der Waals surface area contributed by atoms with Gasteiger partial charge < -0.3 is 0 Å². The first-order valence-corrected chi connectivity index (χ1v) is 4.90. The summed E-state index contributed by atoms with van der Waals surface area (Å²) in [5.41, 5.74) is 5.26. The van der Waals surface area contributed by atoms with Crippen molar-refractivity contribution in [3.05, 3.63) is 41.5 Å². The lowest BCUT2D eigenvalue weighted by atomic mass is 9.97. The quantitative estimate of drug-likeness (QED) is 0.646. The van der Waals surface area contributed by atoms with E-state index in [0.29, 0.717) is 0 Å². The van der Waals surface area contributed by atoms with Gasteiger partial charge >= 0.3 is 0 Å². The van der Waals surface area contributed by atoms with Gasteiger partial charge in [-0.25, -0.2) is 0 Å². The van der Waals surface area contributed by atoms with Crippen LogP contribution in [0.4, 0.5) is 0 Å². The largest absolute Gasteiger partial charge is 0.0952 e. The maximum absolute atomic E-state index is 4.12. The molecule has 0 nitrogen and oxygen atoms in total. The van der Waals surface area contributed by atoms with Gasteiger partial charge in [0.15, 0.2) is 0 Å². The minimum Gasteiger partial charge on any atom is -0.0952 e. The van der Waals surface area contributed by atoms with Crippen molar-refractivity contribution >= 4 is 5.57 Å². The Balaban J connectivity index is 2.99. The summed E-state index contributed by atoms with van der Waals surface area (Å²) in [6.45, 7) is 10.6. The van der Waals surface area contributed by atoms with Crippen LogP contribution in [0.15, 0.2) is 24.8 Å². The van der Waals surface area contributed by atoms with Gasteiger partial charge in [0.1, 0.15) is 0 Å². The zero-order chi connectivity index (χ0) is 9.84. The Morgan fingerprint density at radius 2 is 2.00 bits per heavy atom. The molecular formula is C13H18. The maximum Gasteiger partial charge on any atom is -0.0198 e. The van der Waals surface area contributed by atoms with Gasteiger partial charge in [0.25, 0.3) is 0 Å². The fraction of sp³-hybridized carbons (Fsp3) is 0.385. The molecule has 1 rings (SSSR count). The van der Waals surface area contributed by atoms with Crippen molar-refractivity contribution in [2.45, 2.75) is 33.6 Å². The number of allylic oxidation sites excluding steroid dienone is 1. The Morgan fingerprint density at radius 3 is 2.62 bits per heavy atom. The summed E-state index contributed by atoms with van der Waals surface area (Å²) in [6, 6.07) is 6.55. The van der Waals surface area contributed by atoms with Crippen LogP contribution in [0.2, 0.25) is 0 Å². The second-order valence-corrected chi connectivity index (χ2v) is 3.67. The van der Waals surface area contributed by atoms with Gasteiger partial charge in [-0.2, -0.15) is 0 Å². The third-order valence-corrected chi connectivity index (χ3v) is 2.33. The second kappa shape index (κ2) is 4.27. The Morgan fingerprint density at radius 1 is 1.31 bits per heavy atom. The van der Waals surface area contributed by atoms with E-state index in [4.69, 9.17) is 0 Å². The Kier molecular flexibility index (Phi) is 3.30. The van der Waals surface area contributed by atoms with Gasteiger partial charge in [0.2, 0.25) is 0 Å². The summed E-state index contributed by atoms with van der Waals surface area (Å²) in [7, 11) is 0.